The fourth-order valence-electron chi connectivity index (χ4n) is 4.01. The van der Waals surface area contributed by atoms with E-state index in [1.54, 1.807) is 0 Å². The summed E-state index contributed by atoms with van der Waals surface area (Å²) in [4.78, 5) is 10.4. The molecule has 0 atom stereocenters. The van der Waals surface area contributed by atoms with Crippen molar-refractivity contribution in [3.8, 4) is 0 Å². The van der Waals surface area contributed by atoms with Gasteiger partial charge in [0.25, 0.3) is 0 Å². The van der Waals surface area contributed by atoms with Gasteiger partial charge in [-0.1, -0.05) is 25.8 Å². The lowest BCUT2D eigenvalue weighted by atomic mass is 9.69. The summed E-state index contributed by atoms with van der Waals surface area (Å²) in [5.74, 6) is 2.83. The van der Waals surface area contributed by atoms with E-state index in [4.69, 9.17) is 5.11 Å². The van der Waals surface area contributed by atoms with Crippen molar-refractivity contribution in [2.75, 3.05) is 0 Å². The molecule has 2 nitrogen and oxygen atoms in total. The Morgan fingerprint density at radius 1 is 1.00 bits per heavy atom. The third-order valence-electron chi connectivity index (χ3n) is 5.35. The lowest BCUT2D eigenvalue weighted by molar-refractivity contribution is -0.131. The molecule has 0 radical (unpaired) electrons. The normalized spacial score (nSPS) is 36.5. The van der Waals surface area contributed by atoms with Crippen LogP contribution >= 0.6 is 0 Å². The minimum atomic E-state index is -0.815. The van der Waals surface area contributed by atoms with E-state index < -0.39 is 5.97 Å². The summed E-state index contributed by atoms with van der Waals surface area (Å²) in [5, 5.41) is 8.59. The number of rotatable bonds is 4. The van der Waals surface area contributed by atoms with Gasteiger partial charge in [-0.15, -0.1) is 0 Å². The molecule has 0 aromatic heterocycles. The topological polar surface area (TPSA) is 37.3 Å². The van der Waals surface area contributed by atoms with Gasteiger partial charge in [0.05, 0.1) is 0 Å². The Kier molecular flexibility index (Phi) is 5.47. The second-order valence-electron chi connectivity index (χ2n) is 6.78. The van der Waals surface area contributed by atoms with Crippen molar-refractivity contribution in [2.24, 2.45) is 23.7 Å². The molecular weight excluding hydrogens is 236 g/mol. The predicted molar refractivity (Wildman–Crippen MR) is 78.0 cm³/mol. The van der Waals surface area contributed by atoms with E-state index in [2.05, 4.69) is 6.92 Å². The minimum Gasteiger partial charge on any atom is -0.478 e. The molecule has 0 heterocycles. The maximum absolute atomic E-state index is 10.4. The molecule has 0 aromatic rings. The van der Waals surface area contributed by atoms with E-state index >= 15 is 0 Å². The van der Waals surface area contributed by atoms with Crippen LogP contribution in [0.1, 0.15) is 64.7 Å². The van der Waals surface area contributed by atoms with Gasteiger partial charge in [-0.25, -0.2) is 4.79 Å². The number of carbonyl (C=O) groups is 1. The highest BCUT2D eigenvalue weighted by Crippen LogP contribution is 2.41. The zero-order valence-electron chi connectivity index (χ0n) is 12.2. The van der Waals surface area contributed by atoms with Gasteiger partial charge >= 0.3 is 5.97 Å². The van der Waals surface area contributed by atoms with Crippen molar-refractivity contribution in [3.63, 3.8) is 0 Å². The van der Waals surface area contributed by atoms with Gasteiger partial charge in [0.2, 0.25) is 0 Å². The SMILES string of the molecule is C[C@H]1CC[C@H]([C@H]2CC[C@H](C/C=C/C(=O)O)CC2)CC1. The molecule has 0 amide bonds. The smallest absolute Gasteiger partial charge is 0.327 e. The van der Waals surface area contributed by atoms with Crippen molar-refractivity contribution in [2.45, 2.75) is 64.7 Å². The Morgan fingerprint density at radius 2 is 1.53 bits per heavy atom. The van der Waals surface area contributed by atoms with E-state index in [1.165, 1.54) is 57.4 Å². The number of aliphatic carboxylic acids is 1. The fourth-order valence-corrected chi connectivity index (χ4v) is 4.01. The second kappa shape index (κ2) is 7.12. The third-order valence-corrected chi connectivity index (χ3v) is 5.35. The first-order valence-corrected chi connectivity index (χ1v) is 8.04. The van der Waals surface area contributed by atoms with Crippen LogP contribution < -0.4 is 0 Å². The molecule has 0 unspecified atom stereocenters. The molecule has 0 aromatic carbocycles. The first kappa shape index (κ1) is 14.6. The first-order chi connectivity index (χ1) is 9.15. The summed E-state index contributed by atoms with van der Waals surface area (Å²) in [7, 11) is 0. The monoisotopic (exact) mass is 264 g/mol. The average Bonchev–Trinajstić information content (AvgIpc) is 2.40. The van der Waals surface area contributed by atoms with Gasteiger partial charge in [-0.2, -0.15) is 0 Å². The lowest BCUT2D eigenvalue weighted by Gasteiger charge is -2.37. The molecule has 0 aliphatic heterocycles. The molecular formula is C17H28O2. The Bertz CT molecular complexity index is 305. The molecule has 2 heteroatoms. The first-order valence-electron chi connectivity index (χ1n) is 8.04. The second-order valence-corrected chi connectivity index (χ2v) is 6.78. The van der Waals surface area contributed by atoms with Crippen LogP contribution in [0.2, 0.25) is 0 Å². The zero-order chi connectivity index (χ0) is 13.7. The summed E-state index contributed by atoms with van der Waals surface area (Å²) in [6, 6.07) is 0. The van der Waals surface area contributed by atoms with Gasteiger partial charge in [0.1, 0.15) is 0 Å². The molecule has 0 spiro atoms. The maximum Gasteiger partial charge on any atom is 0.327 e. The van der Waals surface area contributed by atoms with Gasteiger partial charge in [0.15, 0.2) is 0 Å². The Hall–Kier alpha value is -0.790. The molecule has 19 heavy (non-hydrogen) atoms. The highest BCUT2D eigenvalue weighted by molar-refractivity contribution is 5.79. The zero-order valence-corrected chi connectivity index (χ0v) is 12.2. The summed E-state index contributed by atoms with van der Waals surface area (Å²) in [5.41, 5.74) is 0. The molecule has 1 N–H and O–H groups in total. The van der Waals surface area contributed by atoms with Crippen LogP contribution in [0.4, 0.5) is 0 Å². The molecule has 2 aliphatic carbocycles. The number of hydrogen-bond acceptors (Lipinski definition) is 1. The average molecular weight is 264 g/mol. The van der Waals surface area contributed by atoms with Crippen molar-refractivity contribution in [3.05, 3.63) is 12.2 Å². The summed E-state index contributed by atoms with van der Waals surface area (Å²) >= 11 is 0. The molecule has 2 rings (SSSR count). The van der Waals surface area contributed by atoms with Gasteiger partial charge in [-0.05, 0) is 68.6 Å². The van der Waals surface area contributed by atoms with E-state index in [0.717, 1.165) is 30.1 Å². The predicted octanol–water partition coefficient (Wildman–Crippen LogP) is 4.65. The van der Waals surface area contributed by atoms with Crippen LogP contribution in [-0.4, -0.2) is 11.1 Å². The lowest BCUT2D eigenvalue weighted by Crippen LogP contribution is -2.25. The minimum absolute atomic E-state index is 0.731. The molecule has 108 valence electrons. The van der Waals surface area contributed by atoms with Crippen molar-refractivity contribution in [1.82, 2.24) is 0 Å². The van der Waals surface area contributed by atoms with Gasteiger partial charge in [-0.3, -0.25) is 0 Å². The van der Waals surface area contributed by atoms with E-state index in [0.29, 0.717) is 0 Å². The van der Waals surface area contributed by atoms with E-state index in [9.17, 15) is 4.79 Å². The Labute approximate surface area is 117 Å². The number of allylic oxidation sites excluding steroid dienone is 1. The molecule has 2 saturated carbocycles. The standard InChI is InChI=1S/C17H28O2/c1-13-5-9-15(10-6-13)16-11-7-14(8-12-16)3-2-4-17(18)19/h2,4,13-16H,3,5-12H2,1H3,(H,18,19)/b4-2+/t13-,14-,15-,16-. The van der Waals surface area contributed by atoms with Crippen LogP contribution in [0.25, 0.3) is 0 Å². The van der Waals surface area contributed by atoms with E-state index in [-0.39, 0.29) is 0 Å². The molecule has 0 bridgehead atoms. The largest absolute Gasteiger partial charge is 0.478 e. The highest BCUT2D eigenvalue weighted by atomic mass is 16.4. The quantitative estimate of drug-likeness (QED) is 0.750. The summed E-state index contributed by atoms with van der Waals surface area (Å²) in [6.07, 6.45) is 15.3. The van der Waals surface area contributed by atoms with Gasteiger partial charge in [0, 0.05) is 6.08 Å². The Morgan fingerprint density at radius 3 is 2.05 bits per heavy atom. The van der Waals surface area contributed by atoms with Crippen LogP contribution in [0.3, 0.4) is 0 Å². The molecule has 0 saturated heterocycles. The highest BCUT2D eigenvalue weighted by Gasteiger charge is 2.29. The Balaban J connectivity index is 1.69. The van der Waals surface area contributed by atoms with Crippen molar-refractivity contribution < 1.29 is 9.90 Å². The molecule has 2 aliphatic rings. The van der Waals surface area contributed by atoms with Crippen LogP contribution in [0.15, 0.2) is 12.2 Å². The fraction of sp³-hybridized carbons (Fsp3) is 0.824. The van der Waals surface area contributed by atoms with Crippen LogP contribution in [-0.2, 0) is 4.79 Å². The maximum atomic E-state index is 10.4. The van der Waals surface area contributed by atoms with Gasteiger partial charge < -0.3 is 5.11 Å². The third kappa shape index (κ3) is 4.67. The summed E-state index contributed by atoms with van der Waals surface area (Å²) in [6.45, 7) is 2.39. The number of carboxylic acids is 1. The van der Waals surface area contributed by atoms with Crippen molar-refractivity contribution >= 4 is 5.97 Å². The summed E-state index contributed by atoms with van der Waals surface area (Å²) < 4.78 is 0. The number of carboxylic acid groups (broad SMARTS) is 1. The van der Waals surface area contributed by atoms with Crippen LogP contribution in [0.5, 0.6) is 0 Å². The number of hydrogen-bond donors (Lipinski definition) is 1. The molecule has 2 fully saturated rings. The van der Waals surface area contributed by atoms with Crippen molar-refractivity contribution in [1.29, 1.82) is 0 Å². The van der Waals surface area contributed by atoms with Crippen LogP contribution in [0, 0.1) is 23.7 Å². The van der Waals surface area contributed by atoms with E-state index in [1.807, 2.05) is 6.08 Å².